The van der Waals surface area contributed by atoms with Crippen LogP contribution in [0.4, 0.5) is 0 Å². The first-order valence-corrected chi connectivity index (χ1v) is 7.25. The molecule has 4 N–H and O–H groups in total. The van der Waals surface area contributed by atoms with E-state index in [2.05, 4.69) is 32.9 Å². The van der Waals surface area contributed by atoms with Crippen LogP contribution in [0.25, 0.3) is 0 Å². The summed E-state index contributed by atoms with van der Waals surface area (Å²) in [6, 6.07) is 15.7. The third-order valence-electron chi connectivity index (χ3n) is 3.52. The summed E-state index contributed by atoms with van der Waals surface area (Å²) in [5, 5.41) is 0. The molecule has 0 aliphatic heterocycles. The summed E-state index contributed by atoms with van der Waals surface area (Å²) in [7, 11) is 0. The second-order valence-electron chi connectivity index (χ2n) is 6.26. The Morgan fingerprint density at radius 2 is 1.62 bits per heavy atom. The topological polar surface area (TPSA) is 61.3 Å². The van der Waals surface area contributed by atoms with Crippen LogP contribution in [-0.4, -0.2) is 6.54 Å². The highest BCUT2D eigenvalue weighted by atomic mass is 16.5. The monoisotopic (exact) mass is 284 g/mol. The third-order valence-corrected chi connectivity index (χ3v) is 3.52. The van der Waals surface area contributed by atoms with Gasteiger partial charge in [-0.1, -0.05) is 51.1 Å². The fraction of sp³-hybridized carbons (Fsp3) is 0.333. The third kappa shape index (κ3) is 3.84. The maximum absolute atomic E-state index is 6.02. The van der Waals surface area contributed by atoms with Gasteiger partial charge in [0.2, 0.25) is 0 Å². The van der Waals surface area contributed by atoms with E-state index in [1.165, 1.54) is 5.56 Å². The molecule has 0 aromatic heterocycles. The van der Waals surface area contributed by atoms with Crippen LogP contribution in [0.3, 0.4) is 0 Å². The van der Waals surface area contributed by atoms with Crippen molar-refractivity contribution < 1.29 is 4.74 Å². The van der Waals surface area contributed by atoms with Crippen molar-refractivity contribution in [2.75, 3.05) is 6.54 Å². The lowest BCUT2D eigenvalue weighted by Gasteiger charge is -2.20. The van der Waals surface area contributed by atoms with E-state index in [0.29, 0.717) is 6.54 Å². The molecule has 0 heterocycles. The zero-order valence-electron chi connectivity index (χ0n) is 13.0. The summed E-state index contributed by atoms with van der Waals surface area (Å²) in [6.45, 7) is 6.97. The van der Waals surface area contributed by atoms with Gasteiger partial charge in [0.15, 0.2) is 0 Å². The van der Waals surface area contributed by atoms with E-state index in [0.717, 1.165) is 17.1 Å². The summed E-state index contributed by atoms with van der Waals surface area (Å²) in [5.74, 6) is 1.57. The fourth-order valence-electron chi connectivity index (χ4n) is 2.16. The van der Waals surface area contributed by atoms with Crippen LogP contribution in [0.2, 0.25) is 0 Å². The number of ether oxygens (including phenoxy) is 1. The van der Waals surface area contributed by atoms with Gasteiger partial charge in [0, 0.05) is 18.2 Å². The molecule has 0 aliphatic carbocycles. The van der Waals surface area contributed by atoms with Crippen molar-refractivity contribution in [3.05, 3.63) is 59.7 Å². The highest BCUT2D eigenvalue weighted by Gasteiger charge is 2.14. The molecule has 0 amide bonds. The van der Waals surface area contributed by atoms with E-state index in [1.54, 1.807) is 0 Å². The van der Waals surface area contributed by atoms with Crippen LogP contribution < -0.4 is 16.2 Å². The number of rotatable bonds is 4. The zero-order valence-corrected chi connectivity index (χ0v) is 13.0. The molecule has 0 bridgehead atoms. The van der Waals surface area contributed by atoms with E-state index in [9.17, 15) is 0 Å². The second-order valence-corrected chi connectivity index (χ2v) is 6.26. The number of hydrogen-bond acceptors (Lipinski definition) is 3. The van der Waals surface area contributed by atoms with Crippen molar-refractivity contribution in [1.29, 1.82) is 0 Å². The predicted molar refractivity (Wildman–Crippen MR) is 87.6 cm³/mol. The molecule has 0 radical (unpaired) electrons. The van der Waals surface area contributed by atoms with Gasteiger partial charge < -0.3 is 16.2 Å². The maximum atomic E-state index is 6.02. The molecule has 1 unspecified atom stereocenters. The van der Waals surface area contributed by atoms with Crippen molar-refractivity contribution >= 4 is 0 Å². The SMILES string of the molecule is CC(C)(C)c1ccc(Oc2ccccc2C(N)CN)cc1. The molecule has 0 saturated heterocycles. The molecule has 0 aliphatic rings. The van der Waals surface area contributed by atoms with E-state index in [-0.39, 0.29) is 11.5 Å². The Kier molecular flexibility index (Phi) is 4.66. The minimum atomic E-state index is -0.213. The molecule has 2 aromatic rings. The Bertz CT molecular complexity index is 585. The zero-order chi connectivity index (χ0) is 15.5. The molecule has 0 fully saturated rings. The highest BCUT2D eigenvalue weighted by molar-refractivity contribution is 5.40. The lowest BCUT2D eigenvalue weighted by atomic mass is 9.87. The van der Waals surface area contributed by atoms with E-state index >= 15 is 0 Å². The van der Waals surface area contributed by atoms with Gasteiger partial charge in [-0.3, -0.25) is 0 Å². The van der Waals surface area contributed by atoms with Crippen LogP contribution in [0, 0.1) is 0 Å². The Hall–Kier alpha value is -1.84. The van der Waals surface area contributed by atoms with Crippen LogP contribution in [0.5, 0.6) is 11.5 Å². The van der Waals surface area contributed by atoms with Crippen molar-refractivity contribution in [2.45, 2.75) is 32.2 Å². The van der Waals surface area contributed by atoms with Crippen LogP contribution in [-0.2, 0) is 5.41 Å². The van der Waals surface area contributed by atoms with Gasteiger partial charge >= 0.3 is 0 Å². The first-order valence-electron chi connectivity index (χ1n) is 7.25. The fourth-order valence-corrected chi connectivity index (χ4v) is 2.16. The lowest BCUT2D eigenvalue weighted by molar-refractivity contribution is 0.469. The van der Waals surface area contributed by atoms with Gasteiger partial charge in [0.25, 0.3) is 0 Å². The van der Waals surface area contributed by atoms with Gasteiger partial charge in [0.05, 0.1) is 0 Å². The molecular formula is C18H24N2O. The molecule has 0 saturated carbocycles. The van der Waals surface area contributed by atoms with E-state index in [1.807, 2.05) is 36.4 Å². The molecule has 3 heteroatoms. The molecular weight excluding hydrogens is 260 g/mol. The molecule has 2 rings (SSSR count). The summed E-state index contributed by atoms with van der Waals surface area (Å²) < 4.78 is 5.96. The number of hydrogen-bond donors (Lipinski definition) is 2. The quantitative estimate of drug-likeness (QED) is 0.899. The standard InChI is InChI=1S/C18H24N2O/c1-18(2,3)13-8-10-14(11-9-13)21-17-7-5-4-6-15(17)16(20)12-19/h4-11,16H,12,19-20H2,1-3H3. The molecule has 112 valence electrons. The van der Waals surface area contributed by atoms with E-state index < -0.39 is 0 Å². The predicted octanol–water partition coefficient (Wildman–Crippen LogP) is 3.73. The van der Waals surface area contributed by atoms with Gasteiger partial charge in [0.1, 0.15) is 11.5 Å². The summed E-state index contributed by atoms with van der Waals surface area (Å²) >= 11 is 0. The van der Waals surface area contributed by atoms with Crippen molar-refractivity contribution in [3.8, 4) is 11.5 Å². The average Bonchev–Trinajstić information content (AvgIpc) is 2.46. The smallest absolute Gasteiger partial charge is 0.132 e. The Morgan fingerprint density at radius 3 is 2.19 bits per heavy atom. The molecule has 0 spiro atoms. The largest absolute Gasteiger partial charge is 0.457 e. The molecule has 2 aromatic carbocycles. The number of nitrogens with two attached hydrogens (primary N) is 2. The number of benzene rings is 2. The van der Waals surface area contributed by atoms with Gasteiger partial charge in [-0.25, -0.2) is 0 Å². The summed E-state index contributed by atoms with van der Waals surface area (Å²) in [4.78, 5) is 0. The number of para-hydroxylation sites is 1. The van der Waals surface area contributed by atoms with Crippen LogP contribution >= 0.6 is 0 Å². The Morgan fingerprint density at radius 1 is 1.00 bits per heavy atom. The van der Waals surface area contributed by atoms with Crippen LogP contribution in [0.1, 0.15) is 37.9 Å². The Labute approximate surface area is 126 Å². The van der Waals surface area contributed by atoms with Crippen LogP contribution in [0.15, 0.2) is 48.5 Å². The molecule has 21 heavy (non-hydrogen) atoms. The Balaban J connectivity index is 2.23. The van der Waals surface area contributed by atoms with Gasteiger partial charge in [-0.15, -0.1) is 0 Å². The first kappa shape index (κ1) is 15.5. The second kappa shape index (κ2) is 6.29. The average molecular weight is 284 g/mol. The minimum Gasteiger partial charge on any atom is -0.457 e. The lowest BCUT2D eigenvalue weighted by Crippen LogP contribution is -2.21. The normalized spacial score (nSPS) is 13.0. The molecule has 1 atom stereocenters. The van der Waals surface area contributed by atoms with Crippen molar-refractivity contribution in [2.24, 2.45) is 11.5 Å². The highest BCUT2D eigenvalue weighted by Crippen LogP contribution is 2.30. The summed E-state index contributed by atoms with van der Waals surface area (Å²) in [5.41, 5.74) is 14.0. The van der Waals surface area contributed by atoms with Crippen molar-refractivity contribution in [1.82, 2.24) is 0 Å². The van der Waals surface area contributed by atoms with Crippen molar-refractivity contribution in [3.63, 3.8) is 0 Å². The van der Waals surface area contributed by atoms with E-state index in [4.69, 9.17) is 16.2 Å². The minimum absolute atomic E-state index is 0.137. The maximum Gasteiger partial charge on any atom is 0.132 e. The molecule has 3 nitrogen and oxygen atoms in total. The first-order chi connectivity index (χ1) is 9.91. The summed E-state index contributed by atoms with van der Waals surface area (Å²) in [6.07, 6.45) is 0. The van der Waals surface area contributed by atoms with Gasteiger partial charge in [-0.2, -0.15) is 0 Å². The van der Waals surface area contributed by atoms with Gasteiger partial charge in [-0.05, 0) is 29.2 Å².